The number of sulfonamides is 1. The van der Waals surface area contributed by atoms with E-state index in [1.165, 1.54) is 18.2 Å². The zero-order valence-electron chi connectivity index (χ0n) is 7.04. The Balaban J connectivity index is 0.00000169. The van der Waals surface area contributed by atoms with Gasteiger partial charge < -0.3 is 4.24 Å². The molecule has 0 aliphatic rings. The van der Waals surface area contributed by atoms with Crippen molar-refractivity contribution in [3.63, 3.8) is 0 Å². The summed E-state index contributed by atoms with van der Waals surface area (Å²) in [4.78, 5) is -0.0862. The zero-order chi connectivity index (χ0) is 10.1. The van der Waals surface area contributed by atoms with Crippen molar-refractivity contribution in [1.82, 2.24) is 0 Å². The first kappa shape index (κ1) is 15.6. The van der Waals surface area contributed by atoms with Crippen LogP contribution in [0, 0.1) is 0 Å². The molecule has 0 aromatic heterocycles. The summed E-state index contributed by atoms with van der Waals surface area (Å²) >= 11 is 16.1. The van der Waals surface area contributed by atoms with Crippen molar-refractivity contribution in [3.8, 4) is 0 Å². The van der Waals surface area contributed by atoms with Crippen LogP contribution in [0.4, 0.5) is 0 Å². The van der Waals surface area contributed by atoms with Gasteiger partial charge in [-0.2, -0.15) is 0 Å². The molecule has 0 bridgehead atoms. The van der Waals surface area contributed by atoms with Gasteiger partial charge in [0.25, 0.3) is 0 Å². The molecule has 0 radical (unpaired) electrons. The van der Waals surface area contributed by atoms with Crippen LogP contribution in [-0.2, 0) is 10.0 Å². The van der Waals surface area contributed by atoms with Crippen LogP contribution in [0.15, 0.2) is 23.1 Å². The smallest absolute Gasteiger partial charge is 0.458 e. The van der Waals surface area contributed by atoms with Gasteiger partial charge in [0.2, 0.25) is 0 Å². The maximum Gasteiger partial charge on any atom is 1.00 e. The van der Waals surface area contributed by atoms with E-state index in [1.807, 2.05) is 0 Å². The third-order valence-electron chi connectivity index (χ3n) is 1.28. The maximum atomic E-state index is 11.1. The molecule has 0 amide bonds. The minimum atomic E-state index is -3.79. The molecule has 0 spiro atoms. The Morgan fingerprint density at radius 2 is 1.71 bits per heavy atom. The van der Waals surface area contributed by atoms with Gasteiger partial charge in [0.15, 0.2) is 0 Å². The summed E-state index contributed by atoms with van der Waals surface area (Å²) in [6, 6.07) is 3.82. The molecular weight excluding hydrogens is 296 g/mol. The minimum Gasteiger partial charge on any atom is -0.458 e. The monoisotopic (exact) mass is 297 g/mol. The van der Waals surface area contributed by atoms with Crippen molar-refractivity contribution < 1.29 is 59.8 Å². The largest absolute Gasteiger partial charge is 1.00 e. The van der Waals surface area contributed by atoms with Gasteiger partial charge in [-0.05, 0) is 18.2 Å². The normalized spacial score (nSPS) is 10.8. The number of hydrogen-bond acceptors (Lipinski definition) is 2. The van der Waals surface area contributed by atoms with Crippen LogP contribution in [0.5, 0.6) is 0 Å². The Hall–Kier alpha value is 1.64. The number of nitrogens with zero attached hydrogens (tertiary/aromatic N) is 1. The van der Waals surface area contributed by atoms with Gasteiger partial charge in [-0.1, -0.05) is 23.2 Å². The van der Waals surface area contributed by atoms with Crippen molar-refractivity contribution in [2.45, 2.75) is 4.90 Å². The van der Waals surface area contributed by atoms with Gasteiger partial charge in [0.05, 0.1) is 14.9 Å². The Morgan fingerprint density at radius 1 is 1.14 bits per heavy atom. The number of benzene rings is 1. The summed E-state index contributed by atoms with van der Waals surface area (Å²) in [7, 11) is -3.79. The van der Waals surface area contributed by atoms with E-state index in [-0.39, 0.29) is 66.3 Å². The van der Waals surface area contributed by atoms with Crippen LogP contribution in [0.2, 0.25) is 10.0 Å². The molecule has 0 aliphatic carbocycles. The molecule has 1 aromatic carbocycles. The van der Waals surface area contributed by atoms with E-state index in [0.29, 0.717) is 0 Å². The average molecular weight is 299 g/mol. The fraction of sp³-hybridized carbons (Fsp3) is 0. The molecule has 0 atom stereocenters. The Labute approximate surface area is 140 Å². The second-order valence-corrected chi connectivity index (χ2v) is 4.91. The molecule has 1 aromatic rings. The van der Waals surface area contributed by atoms with E-state index in [9.17, 15) is 8.42 Å². The first-order valence-electron chi connectivity index (χ1n) is 3.01. The Morgan fingerprint density at radius 3 is 2.14 bits per heavy atom. The van der Waals surface area contributed by atoms with E-state index in [2.05, 4.69) is 4.24 Å². The summed E-state index contributed by atoms with van der Waals surface area (Å²) in [6.07, 6.45) is 0. The van der Waals surface area contributed by atoms with Gasteiger partial charge in [-0.3, -0.25) is 11.8 Å². The molecule has 72 valence electrons. The third kappa shape index (κ3) is 3.90. The molecule has 0 heterocycles. The molecule has 0 saturated carbocycles. The first-order valence-corrected chi connectivity index (χ1v) is 5.54. The Kier molecular flexibility index (Phi) is 7.14. The molecule has 0 N–H and O–H groups in total. The molecular formula is C6H3Cl3KNO2S. The summed E-state index contributed by atoms with van der Waals surface area (Å²) in [5.74, 6) is 0. The molecule has 0 saturated heterocycles. The Bertz CT molecular complexity index is 423. The van der Waals surface area contributed by atoms with Crippen LogP contribution in [-0.4, -0.2) is 8.42 Å². The average Bonchev–Trinajstić information content (AvgIpc) is 2.09. The molecule has 14 heavy (non-hydrogen) atoms. The number of halogens is 3. The van der Waals surface area contributed by atoms with Gasteiger partial charge in [0.1, 0.15) is 10.0 Å². The van der Waals surface area contributed by atoms with Crippen molar-refractivity contribution >= 4 is 45.0 Å². The number of hydrogen-bond donors (Lipinski definition) is 0. The summed E-state index contributed by atoms with van der Waals surface area (Å²) in [5.41, 5.74) is 0. The topological polar surface area (TPSA) is 48.2 Å². The quantitative estimate of drug-likeness (QED) is 0.733. The molecule has 8 heteroatoms. The van der Waals surface area contributed by atoms with Crippen LogP contribution >= 0.6 is 35.0 Å². The van der Waals surface area contributed by atoms with Crippen LogP contribution in [0.1, 0.15) is 0 Å². The van der Waals surface area contributed by atoms with E-state index < -0.39 is 10.0 Å². The molecule has 0 unspecified atom stereocenters. The summed E-state index contributed by atoms with van der Waals surface area (Å²) in [5, 5.41) is 0.415. The van der Waals surface area contributed by atoms with Crippen molar-refractivity contribution in [1.29, 1.82) is 0 Å². The van der Waals surface area contributed by atoms with Gasteiger partial charge in [-0.15, -0.1) is 0 Å². The van der Waals surface area contributed by atoms with E-state index in [1.54, 1.807) is 0 Å². The van der Waals surface area contributed by atoms with Crippen molar-refractivity contribution in [2.24, 2.45) is 0 Å². The predicted octanol–water partition coefficient (Wildman–Crippen LogP) is 0.214. The second kappa shape index (κ2) is 6.39. The number of rotatable bonds is 2. The molecule has 0 aliphatic heterocycles. The predicted molar refractivity (Wildman–Crippen MR) is 52.9 cm³/mol. The second-order valence-electron chi connectivity index (χ2n) is 2.12. The van der Waals surface area contributed by atoms with Gasteiger partial charge >= 0.3 is 51.4 Å². The van der Waals surface area contributed by atoms with Crippen LogP contribution in [0.3, 0.4) is 0 Å². The summed E-state index contributed by atoms with van der Waals surface area (Å²) < 4.78 is 24.8. The van der Waals surface area contributed by atoms with Gasteiger partial charge in [-0.25, -0.2) is 8.42 Å². The van der Waals surface area contributed by atoms with Crippen LogP contribution < -0.4 is 51.4 Å². The third-order valence-corrected chi connectivity index (χ3v) is 3.60. The van der Waals surface area contributed by atoms with Crippen LogP contribution in [0.25, 0.3) is 4.24 Å². The zero-order valence-corrected chi connectivity index (χ0v) is 13.2. The SMILES string of the molecule is O=S(=O)([N-]Cl)c1ccc(Cl)c(Cl)c1.[K+]. The van der Waals surface area contributed by atoms with E-state index in [4.69, 9.17) is 35.0 Å². The van der Waals surface area contributed by atoms with E-state index in [0.717, 1.165) is 0 Å². The fourth-order valence-electron chi connectivity index (χ4n) is 0.677. The first-order chi connectivity index (χ1) is 5.97. The van der Waals surface area contributed by atoms with Crippen molar-refractivity contribution in [3.05, 3.63) is 32.5 Å². The fourth-order valence-corrected chi connectivity index (χ4v) is 1.87. The summed E-state index contributed by atoms with van der Waals surface area (Å²) in [6.45, 7) is 0. The standard InChI is InChI=1S/C6H3Cl3NO2S.K/c7-5-2-1-4(3-6(5)8)13(11,12)10-9;/h1-3H;/q-1;+1. The van der Waals surface area contributed by atoms with Crippen molar-refractivity contribution in [2.75, 3.05) is 0 Å². The molecule has 0 fully saturated rings. The molecule has 1 rings (SSSR count). The van der Waals surface area contributed by atoms with Gasteiger partial charge in [0, 0.05) is 0 Å². The maximum absolute atomic E-state index is 11.1. The van der Waals surface area contributed by atoms with E-state index >= 15 is 0 Å². The minimum absolute atomic E-state index is 0. The molecule has 3 nitrogen and oxygen atoms in total.